The van der Waals surface area contributed by atoms with E-state index in [9.17, 15) is 9.59 Å². The predicted molar refractivity (Wildman–Crippen MR) is 96.3 cm³/mol. The van der Waals surface area contributed by atoms with E-state index in [-0.39, 0.29) is 16.8 Å². The molecule has 2 aromatic rings. The van der Waals surface area contributed by atoms with Crippen LogP contribution in [0, 0.1) is 13.8 Å². The first-order valence-electron chi connectivity index (χ1n) is 8.06. The first-order chi connectivity index (χ1) is 11.9. The molecule has 1 aromatic heterocycles. The Morgan fingerprint density at radius 3 is 2.76 bits per heavy atom. The molecule has 2 rings (SSSR count). The highest BCUT2D eigenvalue weighted by molar-refractivity contribution is 7.13. The summed E-state index contributed by atoms with van der Waals surface area (Å²) in [4.78, 5) is 27.5. The number of thiazole rings is 1. The maximum absolute atomic E-state index is 12.0. The normalized spacial score (nSPS) is 11.8. The summed E-state index contributed by atoms with van der Waals surface area (Å²) < 4.78 is 5.62. The van der Waals surface area contributed by atoms with Crippen molar-refractivity contribution in [3.63, 3.8) is 0 Å². The van der Waals surface area contributed by atoms with Gasteiger partial charge in [0.2, 0.25) is 5.91 Å². The van der Waals surface area contributed by atoms with Crippen LogP contribution < -0.4 is 10.1 Å². The zero-order valence-electron chi connectivity index (χ0n) is 14.5. The number of aryl methyl sites for hydroxylation is 2. The lowest BCUT2D eigenvalue weighted by atomic mass is 10.2. The largest absolute Gasteiger partial charge is 0.494 e. The fourth-order valence-corrected chi connectivity index (χ4v) is 3.21. The number of nitrogens with one attached hydrogen (secondary N) is 1. The van der Waals surface area contributed by atoms with Crippen LogP contribution in [0.2, 0.25) is 0 Å². The molecule has 1 aromatic carbocycles. The van der Waals surface area contributed by atoms with Gasteiger partial charge in [0.1, 0.15) is 15.6 Å². The van der Waals surface area contributed by atoms with Crippen LogP contribution in [0.3, 0.4) is 0 Å². The Morgan fingerprint density at radius 2 is 2.12 bits per heavy atom. The van der Waals surface area contributed by atoms with Crippen LogP contribution in [0.4, 0.5) is 0 Å². The number of rotatable bonds is 8. The molecule has 1 heterocycles. The van der Waals surface area contributed by atoms with Crippen LogP contribution in [-0.2, 0) is 4.79 Å². The van der Waals surface area contributed by atoms with Crippen molar-refractivity contribution in [2.75, 3.05) is 6.61 Å². The minimum atomic E-state index is -0.993. The molecule has 0 fully saturated rings. The Balaban J connectivity index is 1.76. The van der Waals surface area contributed by atoms with Crippen LogP contribution in [-0.4, -0.2) is 28.6 Å². The molecule has 25 heavy (non-hydrogen) atoms. The van der Waals surface area contributed by atoms with E-state index in [2.05, 4.69) is 10.3 Å². The topological polar surface area (TPSA) is 88.5 Å². The minimum absolute atomic E-state index is 0.106. The number of hydrogen-bond acceptors (Lipinski definition) is 5. The molecular formula is C18H22N2O4S. The number of carboxylic acid groups (broad SMARTS) is 1. The smallest absolute Gasteiger partial charge is 0.347 e. The summed E-state index contributed by atoms with van der Waals surface area (Å²) in [6, 6.07) is 7.45. The second-order valence-electron chi connectivity index (χ2n) is 5.83. The number of aromatic nitrogens is 1. The van der Waals surface area contributed by atoms with E-state index in [4.69, 9.17) is 9.84 Å². The van der Waals surface area contributed by atoms with E-state index in [0.29, 0.717) is 30.2 Å². The van der Waals surface area contributed by atoms with Gasteiger partial charge < -0.3 is 15.2 Å². The number of aromatic carboxylic acids is 1. The summed E-state index contributed by atoms with van der Waals surface area (Å²) in [6.45, 7) is 5.91. The van der Waals surface area contributed by atoms with Crippen molar-refractivity contribution in [3.05, 3.63) is 45.4 Å². The molecule has 134 valence electrons. The number of benzene rings is 1. The molecule has 6 nitrogen and oxygen atoms in total. The van der Waals surface area contributed by atoms with Gasteiger partial charge in [0.05, 0.1) is 18.3 Å². The van der Waals surface area contributed by atoms with Gasteiger partial charge in [0.15, 0.2) is 0 Å². The highest BCUT2D eigenvalue weighted by Gasteiger charge is 2.19. The van der Waals surface area contributed by atoms with E-state index in [1.807, 2.05) is 31.2 Å². The summed E-state index contributed by atoms with van der Waals surface area (Å²) in [5.74, 6) is -0.300. The second kappa shape index (κ2) is 8.62. The molecule has 0 saturated heterocycles. The highest BCUT2D eigenvalue weighted by Crippen LogP contribution is 2.23. The molecule has 0 aliphatic rings. The zero-order chi connectivity index (χ0) is 18.4. The minimum Gasteiger partial charge on any atom is -0.494 e. The molecule has 2 N–H and O–H groups in total. The molecule has 0 bridgehead atoms. The van der Waals surface area contributed by atoms with Gasteiger partial charge in [-0.3, -0.25) is 4.79 Å². The zero-order valence-corrected chi connectivity index (χ0v) is 15.4. The fourth-order valence-electron chi connectivity index (χ4n) is 2.30. The van der Waals surface area contributed by atoms with Gasteiger partial charge in [-0.1, -0.05) is 12.1 Å². The van der Waals surface area contributed by atoms with Crippen LogP contribution in [0.1, 0.15) is 51.7 Å². The average Bonchev–Trinajstić information content (AvgIpc) is 2.94. The molecule has 1 atom stereocenters. The molecule has 1 unspecified atom stereocenters. The Bertz CT molecular complexity index is 757. The van der Waals surface area contributed by atoms with Crippen LogP contribution in [0.25, 0.3) is 0 Å². The van der Waals surface area contributed by atoms with Gasteiger partial charge in [-0.15, -0.1) is 11.3 Å². The molecule has 7 heteroatoms. The third-order valence-corrected chi connectivity index (χ3v) is 4.89. The number of ether oxygens (including phenoxy) is 1. The van der Waals surface area contributed by atoms with Gasteiger partial charge in [0, 0.05) is 6.42 Å². The number of carboxylic acids is 1. The van der Waals surface area contributed by atoms with E-state index in [1.54, 1.807) is 13.8 Å². The van der Waals surface area contributed by atoms with Crippen LogP contribution in [0.15, 0.2) is 24.3 Å². The van der Waals surface area contributed by atoms with Crippen molar-refractivity contribution >= 4 is 23.2 Å². The predicted octanol–water partition coefficient (Wildman–Crippen LogP) is 3.49. The second-order valence-corrected chi connectivity index (χ2v) is 6.86. The van der Waals surface area contributed by atoms with Crippen molar-refractivity contribution in [1.29, 1.82) is 0 Å². The Labute approximate surface area is 150 Å². The van der Waals surface area contributed by atoms with E-state index in [0.717, 1.165) is 22.6 Å². The first-order valence-corrected chi connectivity index (χ1v) is 8.88. The lowest BCUT2D eigenvalue weighted by Crippen LogP contribution is -2.26. The number of amides is 1. The van der Waals surface area contributed by atoms with Crippen molar-refractivity contribution in [3.8, 4) is 5.75 Å². The van der Waals surface area contributed by atoms with Crippen molar-refractivity contribution in [2.24, 2.45) is 0 Å². The molecule has 0 spiro atoms. The third kappa shape index (κ3) is 5.56. The number of nitrogens with zero attached hydrogens (tertiary/aromatic N) is 1. The maximum atomic E-state index is 12.0. The monoisotopic (exact) mass is 362 g/mol. The molecule has 0 aliphatic carbocycles. The molecule has 0 saturated carbocycles. The van der Waals surface area contributed by atoms with Crippen LogP contribution >= 0.6 is 11.3 Å². The molecular weight excluding hydrogens is 340 g/mol. The van der Waals surface area contributed by atoms with Gasteiger partial charge >= 0.3 is 5.97 Å². The maximum Gasteiger partial charge on any atom is 0.347 e. The molecule has 1 amide bonds. The van der Waals surface area contributed by atoms with Crippen molar-refractivity contribution < 1.29 is 19.4 Å². The van der Waals surface area contributed by atoms with Gasteiger partial charge in [-0.25, -0.2) is 9.78 Å². The fraction of sp³-hybridized carbons (Fsp3) is 0.389. The summed E-state index contributed by atoms with van der Waals surface area (Å²) in [7, 11) is 0. The summed E-state index contributed by atoms with van der Waals surface area (Å²) >= 11 is 1.09. The van der Waals surface area contributed by atoms with Crippen molar-refractivity contribution in [1.82, 2.24) is 10.3 Å². The lowest BCUT2D eigenvalue weighted by molar-refractivity contribution is -0.121. The van der Waals surface area contributed by atoms with E-state index in [1.165, 1.54) is 0 Å². The number of carbonyl (C=O) groups is 2. The SMILES string of the molecule is Cc1cccc(OCCCC(=O)NC(C)c2nc(C)c(C(=O)O)s2)c1. The van der Waals surface area contributed by atoms with E-state index < -0.39 is 5.97 Å². The Morgan fingerprint density at radius 1 is 1.36 bits per heavy atom. The summed E-state index contributed by atoms with van der Waals surface area (Å²) in [6.07, 6.45) is 0.941. The average molecular weight is 362 g/mol. The quantitative estimate of drug-likeness (QED) is 0.702. The Hall–Kier alpha value is -2.41. The standard InChI is InChI=1S/C18H22N2O4S/c1-11-6-4-7-14(10-11)24-9-5-8-15(21)19-13(3)17-20-12(2)16(25-17)18(22)23/h4,6-7,10,13H,5,8-9H2,1-3H3,(H,19,21)(H,22,23). The summed E-state index contributed by atoms with van der Waals surface area (Å²) in [5.41, 5.74) is 1.60. The van der Waals surface area contributed by atoms with Gasteiger partial charge in [0.25, 0.3) is 0 Å². The number of hydrogen-bond donors (Lipinski definition) is 2. The van der Waals surface area contributed by atoms with Crippen molar-refractivity contribution in [2.45, 2.75) is 39.7 Å². The van der Waals surface area contributed by atoms with Crippen LogP contribution in [0.5, 0.6) is 5.75 Å². The first kappa shape index (κ1) is 18.9. The van der Waals surface area contributed by atoms with Gasteiger partial charge in [-0.05, 0) is 44.9 Å². The molecule has 0 aliphatic heterocycles. The lowest BCUT2D eigenvalue weighted by Gasteiger charge is -2.11. The highest BCUT2D eigenvalue weighted by atomic mass is 32.1. The van der Waals surface area contributed by atoms with Gasteiger partial charge in [-0.2, -0.15) is 0 Å². The summed E-state index contributed by atoms with van der Waals surface area (Å²) in [5, 5.41) is 12.5. The van der Waals surface area contributed by atoms with E-state index >= 15 is 0 Å². The Kier molecular flexibility index (Phi) is 6.52. The molecule has 0 radical (unpaired) electrons. The third-order valence-electron chi connectivity index (χ3n) is 3.56. The number of carbonyl (C=O) groups excluding carboxylic acids is 1.